The van der Waals surface area contributed by atoms with Crippen molar-refractivity contribution < 1.29 is 308 Å². The van der Waals surface area contributed by atoms with Crippen LogP contribution in [0.25, 0.3) is 0 Å². The molecule has 0 aliphatic rings. The summed E-state index contributed by atoms with van der Waals surface area (Å²) < 4.78 is 0. The summed E-state index contributed by atoms with van der Waals surface area (Å²) in [5.74, 6) is 0. The Hall–Kier alpha value is 10.2. The van der Waals surface area contributed by atoms with Crippen LogP contribution in [0.1, 0.15) is 0 Å². The Morgan fingerprint density at radius 1 is 0.286 bits per heavy atom. The Bertz CT molecular complexity index is 4.14. The summed E-state index contributed by atoms with van der Waals surface area (Å²) in [7, 11) is 0. The zero-order valence-corrected chi connectivity index (χ0v) is 26.1. The molecule has 0 aliphatic heterocycles. The molecule has 0 atom stereocenters. The van der Waals surface area contributed by atoms with Crippen molar-refractivity contribution in [2.24, 2.45) is 0 Å². The molecule has 0 aromatic heterocycles. The van der Waals surface area contributed by atoms with E-state index in [-0.39, 0.29) is 322 Å². The third-order valence-electron chi connectivity index (χ3n) is 0. The molecule has 0 saturated heterocycles. The number of hydrogen-bond acceptors (Lipinski definition) is 1. The number of rotatable bonds is 0. The maximum atomic E-state index is 0. The molecule has 0 aliphatic carbocycles. The van der Waals surface area contributed by atoms with E-state index in [1.807, 2.05) is 0 Å². The zero-order valence-electron chi connectivity index (χ0n) is 6.45. The van der Waals surface area contributed by atoms with Crippen molar-refractivity contribution in [3.63, 3.8) is 0 Å². The molecular formula is HK6S+5. The van der Waals surface area contributed by atoms with E-state index in [4.69, 9.17) is 0 Å². The van der Waals surface area contributed by atoms with E-state index in [9.17, 15) is 0 Å². The van der Waals surface area contributed by atoms with E-state index in [1.54, 1.807) is 0 Å². The van der Waals surface area contributed by atoms with Crippen LogP contribution in [0.15, 0.2) is 0 Å². The third kappa shape index (κ3) is 31.4. The predicted octanol–water partition coefficient (Wildman–Crippen LogP) is -18.2. The van der Waals surface area contributed by atoms with Gasteiger partial charge in [-0.2, -0.15) is 0 Å². The number of hydrogen-bond donors (Lipinski definition) is 0. The molecule has 0 bridgehead atoms. The molecule has 7 heteroatoms. The first kappa shape index (κ1) is 43.4. The molecule has 0 saturated carbocycles. The minimum Gasteiger partial charge on any atom is -0.813 e. The van der Waals surface area contributed by atoms with Gasteiger partial charge in [0.05, 0.1) is 0 Å². The first-order valence-electron chi connectivity index (χ1n) is 0. The van der Waals surface area contributed by atoms with Crippen molar-refractivity contribution in [3.8, 4) is 0 Å². The van der Waals surface area contributed by atoms with Gasteiger partial charge >= 0.3 is 308 Å². The Kier molecular flexibility index (Phi) is 223. The summed E-state index contributed by atoms with van der Waals surface area (Å²) in [5.41, 5.74) is 0. The fourth-order valence-corrected chi connectivity index (χ4v) is 0. The van der Waals surface area contributed by atoms with Crippen LogP contribution in [0.3, 0.4) is 0 Å². The summed E-state index contributed by atoms with van der Waals surface area (Å²) in [5, 5.41) is 0. The third-order valence-corrected chi connectivity index (χ3v) is 0. The molecule has 0 heterocycles. The molecule has 0 aromatic carbocycles. The molecule has 0 aromatic rings. The van der Waals surface area contributed by atoms with Gasteiger partial charge in [-0.15, -0.1) is 0 Å². The van der Waals surface area contributed by atoms with Gasteiger partial charge in [0.1, 0.15) is 0 Å². The van der Waals surface area contributed by atoms with E-state index in [1.165, 1.54) is 0 Å². The van der Waals surface area contributed by atoms with E-state index in [0.29, 0.717) is 0 Å². The molecule has 0 amide bonds. The number of thiol groups is 1. The maximum Gasteiger partial charge on any atom is 1.00 e. The van der Waals surface area contributed by atoms with Gasteiger partial charge < -0.3 is 13.5 Å². The van der Waals surface area contributed by atoms with Crippen LogP contribution in [0, 0.1) is 0 Å². The fraction of sp³-hybridized carbons (Fsp3) is 0. The normalized spacial score (nSPS) is 0. The topological polar surface area (TPSA) is 0 Å². The smallest absolute Gasteiger partial charge is 0.813 e. The summed E-state index contributed by atoms with van der Waals surface area (Å²) in [6, 6.07) is 0. The molecule has 0 fully saturated rings. The van der Waals surface area contributed by atoms with Crippen molar-refractivity contribution in [2.45, 2.75) is 0 Å². The second kappa shape index (κ2) is 36.0. The van der Waals surface area contributed by atoms with Gasteiger partial charge in [0.2, 0.25) is 0 Å². The average Bonchev–Trinajstić information content (AvgIpc) is 0. The van der Waals surface area contributed by atoms with Crippen LogP contribution in [-0.4, -0.2) is 0 Å². The molecule has 0 nitrogen and oxygen atoms in total. The van der Waals surface area contributed by atoms with Crippen molar-refractivity contribution in [1.82, 2.24) is 0 Å². The minimum atomic E-state index is 0. The van der Waals surface area contributed by atoms with E-state index >= 15 is 0 Å². The van der Waals surface area contributed by atoms with Crippen LogP contribution in [0.4, 0.5) is 0 Å². The summed E-state index contributed by atoms with van der Waals surface area (Å²) in [4.78, 5) is 0. The first-order chi connectivity index (χ1) is 0. The summed E-state index contributed by atoms with van der Waals surface area (Å²) >= 11 is 0. The predicted molar refractivity (Wildman–Crippen MR) is 8.76 cm³/mol. The minimum absolute atomic E-state index is 0. The van der Waals surface area contributed by atoms with E-state index < -0.39 is 0 Å². The van der Waals surface area contributed by atoms with Crippen LogP contribution < -0.4 is 308 Å². The quantitative estimate of drug-likeness (QED) is 0.239. The molecule has 0 rings (SSSR count). The zero-order chi connectivity index (χ0) is 0. The molecule has 0 radical (unpaired) electrons. The largest absolute Gasteiger partial charge is 1.00 e. The molecule has 0 unspecified atom stereocenters. The van der Waals surface area contributed by atoms with E-state index in [2.05, 4.69) is 0 Å². The summed E-state index contributed by atoms with van der Waals surface area (Å²) in [6.45, 7) is 0. The van der Waals surface area contributed by atoms with Crippen molar-refractivity contribution in [3.05, 3.63) is 0 Å². The van der Waals surface area contributed by atoms with E-state index in [0.717, 1.165) is 0 Å². The van der Waals surface area contributed by atoms with Crippen LogP contribution in [-0.2, 0) is 13.5 Å². The Morgan fingerprint density at radius 2 is 0.286 bits per heavy atom. The second-order valence-corrected chi connectivity index (χ2v) is 0. The van der Waals surface area contributed by atoms with Crippen molar-refractivity contribution in [2.75, 3.05) is 0 Å². The van der Waals surface area contributed by atoms with Crippen molar-refractivity contribution in [1.29, 1.82) is 0 Å². The van der Waals surface area contributed by atoms with Gasteiger partial charge in [0.25, 0.3) is 0 Å². The maximum absolute atomic E-state index is 0. The summed E-state index contributed by atoms with van der Waals surface area (Å²) in [6.07, 6.45) is 0. The van der Waals surface area contributed by atoms with Gasteiger partial charge in [-0.05, 0) is 0 Å². The Labute approximate surface area is 308 Å². The van der Waals surface area contributed by atoms with Gasteiger partial charge in [-0.1, -0.05) is 0 Å². The van der Waals surface area contributed by atoms with Gasteiger partial charge in [-0.3, -0.25) is 0 Å². The fourth-order valence-electron chi connectivity index (χ4n) is 0. The molecular weight excluding hydrogens is 267 g/mol. The van der Waals surface area contributed by atoms with Gasteiger partial charge in [0.15, 0.2) is 0 Å². The Balaban J connectivity index is 0. The molecule has 8 valence electrons. The van der Waals surface area contributed by atoms with Crippen LogP contribution in [0.2, 0.25) is 0 Å². The molecule has 7 heavy (non-hydrogen) atoms. The van der Waals surface area contributed by atoms with Gasteiger partial charge in [-0.25, -0.2) is 0 Å². The standard InChI is InChI=1S/6K.H2S/h;;;;;;1H2/q6*+1;/p-1. The van der Waals surface area contributed by atoms with Crippen LogP contribution in [0.5, 0.6) is 0 Å². The van der Waals surface area contributed by atoms with Crippen molar-refractivity contribution >= 4 is 13.5 Å². The second-order valence-electron chi connectivity index (χ2n) is 0. The monoisotopic (exact) mass is 267 g/mol. The SMILES string of the molecule is [K+].[K+].[K+].[K+].[K+].[K+].[SH-]. The molecule has 0 spiro atoms. The molecule has 0 N–H and O–H groups in total. The Morgan fingerprint density at radius 3 is 0.286 bits per heavy atom. The van der Waals surface area contributed by atoms with Gasteiger partial charge in [0, 0.05) is 0 Å². The average molecular weight is 268 g/mol. The first-order valence-corrected chi connectivity index (χ1v) is 0. The van der Waals surface area contributed by atoms with Crippen LogP contribution >= 0.6 is 0 Å².